The summed E-state index contributed by atoms with van der Waals surface area (Å²) in [6, 6.07) is 22.9. The molecule has 1 amide bonds. The summed E-state index contributed by atoms with van der Waals surface area (Å²) in [4.78, 5) is 18.3. The smallest absolute Gasteiger partial charge is 0.255 e. The number of aromatic nitrogens is 3. The summed E-state index contributed by atoms with van der Waals surface area (Å²) in [5.41, 5.74) is 5.31. The van der Waals surface area contributed by atoms with Gasteiger partial charge in [0, 0.05) is 26.6 Å². The summed E-state index contributed by atoms with van der Waals surface area (Å²) < 4.78 is 2.72. The first-order chi connectivity index (χ1) is 17.4. The van der Waals surface area contributed by atoms with Crippen molar-refractivity contribution in [2.75, 3.05) is 10.6 Å². The number of fused-ring (bicyclic) bond motifs is 1. The molecule has 1 aliphatic rings. The summed E-state index contributed by atoms with van der Waals surface area (Å²) in [6.07, 6.45) is 0. The quantitative estimate of drug-likeness (QED) is 0.236. The maximum atomic E-state index is 13.6. The number of thioether (sulfide) groups is 1. The molecule has 0 saturated heterocycles. The van der Waals surface area contributed by atoms with Crippen molar-refractivity contribution in [3.8, 4) is 0 Å². The van der Waals surface area contributed by atoms with Gasteiger partial charge in [-0.05, 0) is 61.4 Å². The summed E-state index contributed by atoms with van der Waals surface area (Å²) in [7, 11) is 0. The van der Waals surface area contributed by atoms with Crippen LogP contribution in [0, 0.1) is 6.92 Å². The van der Waals surface area contributed by atoms with Crippen LogP contribution in [-0.2, 0) is 10.5 Å². The molecule has 1 unspecified atom stereocenters. The van der Waals surface area contributed by atoms with Gasteiger partial charge in [-0.15, -0.1) is 5.10 Å². The van der Waals surface area contributed by atoms with Crippen LogP contribution in [0.3, 0.4) is 0 Å². The molecule has 6 nitrogen and oxygen atoms in total. The molecule has 182 valence electrons. The SMILES string of the molecule is CC1=C(C(=O)Nc2ccc(Cl)cc2)C(c2cccc(Br)c2)n2nc(SCc3cccc(C)c3)nc2N1. The van der Waals surface area contributed by atoms with E-state index in [9.17, 15) is 4.79 Å². The monoisotopic (exact) mass is 579 g/mol. The van der Waals surface area contributed by atoms with E-state index in [1.807, 2.05) is 31.2 Å². The van der Waals surface area contributed by atoms with E-state index in [4.69, 9.17) is 21.7 Å². The topological polar surface area (TPSA) is 71.8 Å². The molecule has 2 heterocycles. The number of carbonyl (C=O) groups excluding carboxylic acids is 1. The number of allylic oxidation sites excluding steroid dienone is 1. The molecule has 1 aliphatic heterocycles. The van der Waals surface area contributed by atoms with Crippen LogP contribution >= 0.6 is 39.3 Å². The Balaban J connectivity index is 1.48. The molecular weight excluding hydrogens is 558 g/mol. The zero-order chi connectivity index (χ0) is 25.2. The van der Waals surface area contributed by atoms with Crippen LogP contribution in [0.1, 0.15) is 29.7 Å². The Hall–Kier alpha value is -3.07. The van der Waals surface area contributed by atoms with E-state index in [-0.39, 0.29) is 5.91 Å². The fraction of sp³-hybridized carbons (Fsp3) is 0.148. The van der Waals surface area contributed by atoms with E-state index in [0.29, 0.717) is 27.4 Å². The lowest BCUT2D eigenvalue weighted by Crippen LogP contribution is -2.31. The Bertz CT molecular complexity index is 1470. The molecule has 9 heteroatoms. The molecule has 0 spiro atoms. The lowest BCUT2D eigenvalue weighted by molar-refractivity contribution is -0.113. The molecule has 1 aromatic heterocycles. The van der Waals surface area contributed by atoms with Crippen molar-refractivity contribution in [3.05, 3.63) is 110 Å². The highest BCUT2D eigenvalue weighted by molar-refractivity contribution is 9.10. The summed E-state index contributed by atoms with van der Waals surface area (Å²) in [5, 5.41) is 12.4. The predicted molar refractivity (Wildman–Crippen MR) is 149 cm³/mol. The number of hydrogen-bond donors (Lipinski definition) is 2. The first-order valence-electron chi connectivity index (χ1n) is 11.3. The van der Waals surface area contributed by atoms with Crippen molar-refractivity contribution >= 4 is 56.8 Å². The Morgan fingerprint density at radius 3 is 2.64 bits per heavy atom. The highest BCUT2D eigenvalue weighted by Crippen LogP contribution is 2.37. The largest absolute Gasteiger partial charge is 0.328 e. The number of nitrogens with one attached hydrogen (secondary N) is 2. The first-order valence-corrected chi connectivity index (χ1v) is 13.5. The average molecular weight is 581 g/mol. The zero-order valence-electron chi connectivity index (χ0n) is 19.6. The van der Waals surface area contributed by atoms with E-state index < -0.39 is 6.04 Å². The number of rotatable bonds is 6. The van der Waals surface area contributed by atoms with Crippen LogP contribution in [0.5, 0.6) is 0 Å². The van der Waals surface area contributed by atoms with Crippen LogP contribution in [0.25, 0.3) is 0 Å². The van der Waals surface area contributed by atoms with Crippen molar-refractivity contribution < 1.29 is 4.79 Å². The molecule has 2 N–H and O–H groups in total. The maximum Gasteiger partial charge on any atom is 0.255 e. The van der Waals surface area contributed by atoms with Crippen LogP contribution < -0.4 is 10.6 Å². The Morgan fingerprint density at radius 2 is 1.89 bits per heavy atom. The van der Waals surface area contributed by atoms with Gasteiger partial charge < -0.3 is 10.6 Å². The van der Waals surface area contributed by atoms with Gasteiger partial charge in [0.1, 0.15) is 6.04 Å². The minimum absolute atomic E-state index is 0.220. The molecule has 0 bridgehead atoms. The molecule has 4 aromatic rings. The molecule has 0 fully saturated rings. The molecule has 0 aliphatic carbocycles. The predicted octanol–water partition coefficient (Wildman–Crippen LogP) is 7.22. The Kier molecular flexibility index (Phi) is 7.18. The van der Waals surface area contributed by atoms with E-state index in [2.05, 4.69) is 57.8 Å². The summed E-state index contributed by atoms with van der Waals surface area (Å²) in [6.45, 7) is 3.97. The number of carbonyl (C=O) groups is 1. The second-order valence-electron chi connectivity index (χ2n) is 8.52. The van der Waals surface area contributed by atoms with Gasteiger partial charge in [0.2, 0.25) is 11.1 Å². The van der Waals surface area contributed by atoms with E-state index in [0.717, 1.165) is 21.5 Å². The minimum Gasteiger partial charge on any atom is -0.328 e. The van der Waals surface area contributed by atoms with Crippen molar-refractivity contribution in [2.24, 2.45) is 0 Å². The van der Waals surface area contributed by atoms with E-state index in [1.165, 1.54) is 11.1 Å². The van der Waals surface area contributed by atoms with Gasteiger partial charge in [-0.3, -0.25) is 4.79 Å². The van der Waals surface area contributed by atoms with Gasteiger partial charge in [0.15, 0.2) is 0 Å². The van der Waals surface area contributed by atoms with Crippen LogP contribution in [-0.4, -0.2) is 20.7 Å². The van der Waals surface area contributed by atoms with Gasteiger partial charge in [-0.25, -0.2) is 4.68 Å². The maximum absolute atomic E-state index is 13.6. The number of aryl methyl sites for hydroxylation is 1. The van der Waals surface area contributed by atoms with Gasteiger partial charge in [0.25, 0.3) is 5.91 Å². The third kappa shape index (κ3) is 5.36. The lowest BCUT2D eigenvalue weighted by atomic mass is 9.95. The number of anilines is 2. The zero-order valence-corrected chi connectivity index (χ0v) is 22.8. The molecule has 36 heavy (non-hydrogen) atoms. The highest BCUT2D eigenvalue weighted by Gasteiger charge is 2.34. The van der Waals surface area contributed by atoms with Crippen LogP contribution in [0.15, 0.2) is 93.7 Å². The molecule has 1 atom stereocenters. The molecule has 3 aromatic carbocycles. The number of benzene rings is 3. The van der Waals surface area contributed by atoms with Crippen molar-refractivity contribution in [1.29, 1.82) is 0 Å². The van der Waals surface area contributed by atoms with Crippen molar-refractivity contribution in [1.82, 2.24) is 14.8 Å². The highest BCUT2D eigenvalue weighted by atomic mass is 79.9. The third-order valence-corrected chi connectivity index (χ3v) is 7.45. The summed E-state index contributed by atoms with van der Waals surface area (Å²) >= 11 is 11.1. The fourth-order valence-corrected chi connectivity index (χ4v) is 5.47. The van der Waals surface area contributed by atoms with Gasteiger partial charge in [-0.2, -0.15) is 4.98 Å². The number of amides is 1. The number of hydrogen-bond acceptors (Lipinski definition) is 5. The third-order valence-electron chi connectivity index (χ3n) is 5.79. The molecule has 0 saturated carbocycles. The van der Waals surface area contributed by atoms with Gasteiger partial charge in [-0.1, -0.05) is 81.3 Å². The number of halogens is 2. The average Bonchev–Trinajstić information content (AvgIpc) is 3.25. The van der Waals surface area contributed by atoms with E-state index >= 15 is 0 Å². The van der Waals surface area contributed by atoms with Gasteiger partial charge in [0.05, 0.1) is 5.57 Å². The second-order valence-corrected chi connectivity index (χ2v) is 10.8. The van der Waals surface area contributed by atoms with E-state index in [1.54, 1.807) is 40.7 Å². The van der Waals surface area contributed by atoms with Gasteiger partial charge >= 0.3 is 0 Å². The second kappa shape index (κ2) is 10.5. The summed E-state index contributed by atoms with van der Waals surface area (Å²) in [5.74, 6) is 1.14. The minimum atomic E-state index is -0.452. The van der Waals surface area contributed by atoms with Crippen LogP contribution in [0.4, 0.5) is 11.6 Å². The van der Waals surface area contributed by atoms with Crippen molar-refractivity contribution in [2.45, 2.75) is 30.8 Å². The normalized spacial score (nSPS) is 14.8. The first kappa shape index (κ1) is 24.6. The molecular formula is C27H23BrClN5OS. The molecule has 5 rings (SSSR count). The molecule has 0 radical (unpaired) electrons. The van der Waals surface area contributed by atoms with Crippen molar-refractivity contribution in [3.63, 3.8) is 0 Å². The standard InChI is InChI=1S/C27H23BrClN5OS/c1-16-5-3-6-18(13-16)15-36-27-32-26-30-17(2)23(25(35)31-22-11-9-21(29)10-12-22)24(34(26)33-27)19-7-4-8-20(28)14-19/h3-14,24H,15H2,1-2H3,(H,31,35)(H,30,32,33). The Labute approximate surface area is 227 Å². The number of nitrogens with zero attached hydrogens (tertiary/aromatic N) is 3. The lowest BCUT2D eigenvalue weighted by Gasteiger charge is -2.28. The Morgan fingerprint density at radius 1 is 1.11 bits per heavy atom. The fourth-order valence-electron chi connectivity index (χ4n) is 4.15. The van der Waals surface area contributed by atoms with Crippen LogP contribution in [0.2, 0.25) is 5.02 Å².